The van der Waals surface area contributed by atoms with Gasteiger partial charge in [-0.3, -0.25) is 0 Å². The minimum Gasteiger partial charge on any atom is -0.330 e. The van der Waals surface area contributed by atoms with Crippen molar-refractivity contribution in [3.8, 4) is 0 Å². The van der Waals surface area contributed by atoms with Gasteiger partial charge in [0.2, 0.25) is 0 Å². The molecule has 0 aliphatic rings. The van der Waals surface area contributed by atoms with Gasteiger partial charge >= 0.3 is 0 Å². The molecule has 0 aliphatic heterocycles. The van der Waals surface area contributed by atoms with Crippen LogP contribution in [0.3, 0.4) is 0 Å². The second-order valence-corrected chi connectivity index (χ2v) is 3.61. The van der Waals surface area contributed by atoms with Crippen molar-refractivity contribution in [3.05, 3.63) is 34.9 Å². The molecule has 0 bridgehead atoms. The zero-order chi connectivity index (χ0) is 9.68. The van der Waals surface area contributed by atoms with E-state index in [0.717, 1.165) is 11.4 Å². The van der Waals surface area contributed by atoms with Crippen LogP contribution in [-0.4, -0.2) is 13.1 Å². The zero-order valence-corrected chi connectivity index (χ0v) is 8.30. The Morgan fingerprint density at radius 2 is 1.92 bits per heavy atom. The summed E-state index contributed by atoms with van der Waals surface area (Å²) < 4.78 is 0. The van der Waals surface area contributed by atoms with Gasteiger partial charge in [0.15, 0.2) is 0 Å². The highest BCUT2D eigenvalue weighted by Crippen LogP contribution is 2.13. The van der Waals surface area contributed by atoms with Crippen molar-refractivity contribution in [2.24, 2.45) is 17.4 Å². The molecule has 0 amide bonds. The number of hydrogen-bond acceptors (Lipinski definition) is 2. The van der Waals surface area contributed by atoms with Gasteiger partial charge in [0.05, 0.1) is 0 Å². The molecule has 1 aromatic carbocycles. The van der Waals surface area contributed by atoms with Crippen molar-refractivity contribution in [3.63, 3.8) is 0 Å². The monoisotopic (exact) mass is 198 g/mol. The summed E-state index contributed by atoms with van der Waals surface area (Å²) in [5.74, 6) is 0.360. The third-order valence-corrected chi connectivity index (χ3v) is 2.32. The molecule has 0 aliphatic carbocycles. The molecule has 0 aromatic heterocycles. The van der Waals surface area contributed by atoms with Gasteiger partial charge in [-0.25, -0.2) is 0 Å². The summed E-state index contributed by atoms with van der Waals surface area (Å²) in [6, 6.07) is 7.82. The Kier molecular flexibility index (Phi) is 4.22. The van der Waals surface area contributed by atoms with E-state index in [1.54, 1.807) is 0 Å². The number of hydrogen-bond donors (Lipinski definition) is 2. The first-order valence-electron chi connectivity index (χ1n) is 4.41. The van der Waals surface area contributed by atoms with Crippen molar-refractivity contribution >= 4 is 11.6 Å². The molecule has 0 fully saturated rings. The average molecular weight is 199 g/mol. The second kappa shape index (κ2) is 5.22. The average Bonchev–Trinajstić information content (AvgIpc) is 2.14. The van der Waals surface area contributed by atoms with E-state index in [1.807, 2.05) is 24.3 Å². The molecule has 0 atom stereocenters. The topological polar surface area (TPSA) is 52.0 Å². The Morgan fingerprint density at radius 1 is 1.23 bits per heavy atom. The van der Waals surface area contributed by atoms with Crippen LogP contribution in [0.1, 0.15) is 5.56 Å². The minimum atomic E-state index is 0.360. The molecular weight excluding hydrogens is 184 g/mol. The number of nitrogens with two attached hydrogens (primary N) is 2. The quantitative estimate of drug-likeness (QED) is 0.769. The third kappa shape index (κ3) is 3.35. The molecule has 0 heterocycles. The molecule has 4 N–H and O–H groups in total. The lowest BCUT2D eigenvalue weighted by molar-refractivity contribution is 0.548. The van der Waals surface area contributed by atoms with Crippen LogP contribution < -0.4 is 11.5 Å². The maximum absolute atomic E-state index is 5.85. The van der Waals surface area contributed by atoms with Crippen LogP contribution in [0.25, 0.3) is 0 Å². The summed E-state index contributed by atoms with van der Waals surface area (Å²) >= 11 is 5.85. The largest absolute Gasteiger partial charge is 0.330 e. The Balaban J connectivity index is 2.62. The van der Waals surface area contributed by atoms with Crippen molar-refractivity contribution < 1.29 is 0 Å². The van der Waals surface area contributed by atoms with E-state index in [1.165, 1.54) is 5.56 Å². The predicted molar refractivity (Wildman–Crippen MR) is 56.8 cm³/mol. The van der Waals surface area contributed by atoms with E-state index in [2.05, 4.69) is 0 Å². The molecule has 0 radical (unpaired) electrons. The number of benzene rings is 1. The van der Waals surface area contributed by atoms with Gasteiger partial charge in [-0.15, -0.1) is 0 Å². The fraction of sp³-hybridized carbons (Fsp3) is 0.400. The van der Waals surface area contributed by atoms with Crippen LogP contribution in [-0.2, 0) is 6.42 Å². The molecule has 0 saturated heterocycles. The summed E-state index contributed by atoms with van der Waals surface area (Å²) in [7, 11) is 0. The Hall–Kier alpha value is -0.570. The summed E-state index contributed by atoms with van der Waals surface area (Å²) in [4.78, 5) is 0. The van der Waals surface area contributed by atoms with E-state index >= 15 is 0 Å². The molecule has 13 heavy (non-hydrogen) atoms. The Morgan fingerprint density at radius 3 is 2.46 bits per heavy atom. The summed E-state index contributed by atoms with van der Waals surface area (Å²) in [5.41, 5.74) is 12.3. The molecule has 3 heteroatoms. The van der Waals surface area contributed by atoms with E-state index in [0.29, 0.717) is 19.0 Å². The van der Waals surface area contributed by atoms with Crippen molar-refractivity contribution in [2.75, 3.05) is 13.1 Å². The van der Waals surface area contributed by atoms with E-state index < -0.39 is 0 Å². The van der Waals surface area contributed by atoms with Gasteiger partial charge in [0.1, 0.15) is 0 Å². The maximum Gasteiger partial charge on any atom is 0.0408 e. The molecule has 0 unspecified atom stereocenters. The van der Waals surface area contributed by atoms with Crippen molar-refractivity contribution in [2.45, 2.75) is 6.42 Å². The zero-order valence-electron chi connectivity index (χ0n) is 7.54. The first-order chi connectivity index (χ1) is 6.26. The summed E-state index contributed by atoms with van der Waals surface area (Å²) in [6.45, 7) is 1.26. The molecule has 1 aromatic rings. The second-order valence-electron chi connectivity index (χ2n) is 3.17. The van der Waals surface area contributed by atoms with Gasteiger partial charge in [0, 0.05) is 5.02 Å². The highest BCUT2D eigenvalue weighted by atomic mass is 35.5. The van der Waals surface area contributed by atoms with Crippen LogP contribution in [0.5, 0.6) is 0 Å². The fourth-order valence-electron chi connectivity index (χ4n) is 1.26. The van der Waals surface area contributed by atoms with Crippen molar-refractivity contribution in [1.82, 2.24) is 0 Å². The molecule has 0 spiro atoms. The van der Waals surface area contributed by atoms with Crippen LogP contribution in [0.15, 0.2) is 24.3 Å². The first kappa shape index (κ1) is 10.5. The fourth-order valence-corrected chi connectivity index (χ4v) is 1.47. The van der Waals surface area contributed by atoms with E-state index in [-0.39, 0.29) is 0 Å². The number of rotatable bonds is 4. The molecule has 72 valence electrons. The lowest BCUT2D eigenvalue weighted by atomic mass is 10.00. The third-order valence-electron chi connectivity index (χ3n) is 2.08. The van der Waals surface area contributed by atoms with Gasteiger partial charge < -0.3 is 11.5 Å². The van der Waals surface area contributed by atoms with Crippen LogP contribution >= 0.6 is 11.6 Å². The van der Waals surface area contributed by atoms with Gasteiger partial charge in [-0.05, 0) is 43.1 Å². The van der Waals surface area contributed by atoms with Gasteiger partial charge in [0.25, 0.3) is 0 Å². The highest BCUT2D eigenvalue weighted by molar-refractivity contribution is 6.30. The first-order valence-corrected chi connectivity index (χ1v) is 4.78. The lowest BCUT2D eigenvalue weighted by Crippen LogP contribution is -2.25. The maximum atomic E-state index is 5.85. The normalized spacial score (nSPS) is 10.8. The summed E-state index contributed by atoms with van der Waals surface area (Å²) in [6.07, 6.45) is 0.910. The SMILES string of the molecule is NCC(CN)Cc1cccc(Cl)c1. The van der Waals surface area contributed by atoms with Crippen molar-refractivity contribution in [1.29, 1.82) is 0 Å². The molecular formula is C10H15ClN2. The van der Waals surface area contributed by atoms with E-state index in [9.17, 15) is 0 Å². The minimum absolute atomic E-state index is 0.360. The predicted octanol–water partition coefficient (Wildman–Crippen LogP) is 1.42. The van der Waals surface area contributed by atoms with Gasteiger partial charge in [-0.2, -0.15) is 0 Å². The standard InChI is InChI=1S/C10H15ClN2/c11-10-3-1-2-8(5-10)4-9(6-12)7-13/h1-3,5,9H,4,6-7,12-13H2. The van der Waals surface area contributed by atoms with Crippen LogP contribution in [0.4, 0.5) is 0 Å². The molecule has 0 saturated carbocycles. The molecule has 1 rings (SSSR count). The lowest BCUT2D eigenvalue weighted by Gasteiger charge is -2.11. The summed E-state index contributed by atoms with van der Waals surface area (Å²) in [5, 5.41) is 0.769. The Labute approximate surface area is 83.9 Å². The van der Waals surface area contributed by atoms with Gasteiger partial charge in [-0.1, -0.05) is 23.7 Å². The van der Waals surface area contributed by atoms with Crippen LogP contribution in [0, 0.1) is 5.92 Å². The van der Waals surface area contributed by atoms with E-state index in [4.69, 9.17) is 23.1 Å². The van der Waals surface area contributed by atoms with Crippen LogP contribution in [0.2, 0.25) is 5.02 Å². The molecule has 2 nitrogen and oxygen atoms in total. The highest BCUT2D eigenvalue weighted by Gasteiger charge is 2.05. The smallest absolute Gasteiger partial charge is 0.0408 e. The number of halogens is 1. The Bertz CT molecular complexity index is 259.